The predicted octanol–water partition coefficient (Wildman–Crippen LogP) is 3.43. The third-order valence-corrected chi connectivity index (χ3v) is 6.01. The number of aromatic nitrogens is 1. The van der Waals surface area contributed by atoms with Crippen molar-refractivity contribution in [3.63, 3.8) is 0 Å². The molecular formula is C17H18N2O2S2. The van der Waals surface area contributed by atoms with Gasteiger partial charge in [0.2, 0.25) is 10.0 Å². The van der Waals surface area contributed by atoms with Crippen LogP contribution in [0.3, 0.4) is 0 Å². The van der Waals surface area contributed by atoms with Gasteiger partial charge in [0.05, 0.1) is 20.1 Å². The number of hydrogen-bond acceptors (Lipinski definition) is 4. The van der Waals surface area contributed by atoms with E-state index in [9.17, 15) is 8.42 Å². The number of sulfonamides is 1. The maximum absolute atomic E-state index is 12.4. The van der Waals surface area contributed by atoms with Crippen molar-refractivity contribution in [2.45, 2.75) is 25.2 Å². The van der Waals surface area contributed by atoms with Crippen LogP contribution in [-0.2, 0) is 16.4 Å². The summed E-state index contributed by atoms with van der Waals surface area (Å²) < 4.78 is 28.4. The van der Waals surface area contributed by atoms with Crippen LogP contribution in [-0.4, -0.2) is 19.9 Å². The monoisotopic (exact) mass is 346 g/mol. The highest BCUT2D eigenvalue weighted by molar-refractivity contribution is 7.89. The number of thiazole rings is 1. The van der Waals surface area contributed by atoms with E-state index < -0.39 is 10.0 Å². The summed E-state index contributed by atoms with van der Waals surface area (Å²) >= 11 is 1.56. The van der Waals surface area contributed by atoms with E-state index in [0.717, 1.165) is 20.8 Å². The predicted molar refractivity (Wildman–Crippen MR) is 94.4 cm³/mol. The normalized spacial score (nSPS) is 11.9. The number of nitrogens with one attached hydrogen (secondary N) is 1. The quantitative estimate of drug-likeness (QED) is 0.770. The van der Waals surface area contributed by atoms with Gasteiger partial charge in [-0.3, -0.25) is 0 Å². The molecule has 0 aliphatic rings. The number of rotatable bonds is 5. The van der Waals surface area contributed by atoms with Gasteiger partial charge in [0.1, 0.15) is 0 Å². The molecule has 2 aromatic carbocycles. The SMILES string of the molecule is Cc1ccc(CCNS(=O)(=O)c2ccc3sc(C)nc3c2)cc1. The minimum Gasteiger partial charge on any atom is -0.241 e. The van der Waals surface area contributed by atoms with E-state index in [0.29, 0.717) is 13.0 Å². The summed E-state index contributed by atoms with van der Waals surface area (Å²) in [5.41, 5.74) is 3.04. The first kappa shape index (κ1) is 16.1. The van der Waals surface area contributed by atoms with Crippen molar-refractivity contribution in [3.8, 4) is 0 Å². The number of benzene rings is 2. The Labute approximate surface area is 140 Å². The molecule has 0 spiro atoms. The molecule has 6 heteroatoms. The molecule has 0 aliphatic carbocycles. The lowest BCUT2D eigenvalue weighted by Gasteiger charge is -2.07. The molecule has 0 saturated carbocycles. The number of nitrogens with zero attached hydrogens (tertiary/aromatic N) is 1. The Morgan fingerprint density at radius 2 is 1.83 bits per heavy atom. The second-order valence-electron chi connectivity index (χ2n) is 5.50. The summed E-state index contributed by atoms with van der Waals surface area (Å²) in [4.78, 5) is 4.61. The van der Waals surface area contributed by atoms with Crippen molar-refractivity contribution in [2.75, 3.05) is 6.54 Å². The van der Waals surface area contributed by atoms with Crippen LogP contribution in [0, 0.1) is 13.8 Å². The van der Waals surface area contributed by atoms with E-state index in [1.807, 2.05) is 44.2 Å². The van der Waals surface area contributed by atoms with E-state index >= 15 is 0 Å². The Kier molecular flexibility index (Phi) is 4.48. The molecule has 0 amide bonds. The minimum atomic E-state index is -3.51. The fourth-order valence-electron chi connectivity index (χ4n) is 2.36. The highest BCUT2D eigenvalue weighted by Crippen LogP contribution is 2.24. The smallest absolute Gasteiger partial charge is 0.240 e. The lowest BCUT2D eigenvalue weighted by molar-refractivity contribution is 0.582. The third-order valence-electron chi connectivity index (χ3n) is 3.60. The van der Waals surface area contributed by atoms with Crippen LogP contribution in [0.1, 0.15) is 16.1 Å². The molecule has 3 rings (SSSR count). The molecule has 0 saturated heterocycles. The first-order valence-electron chi connectivity index (χ1n) is 7.36. The molecule has 0 bridgehead atoms. The van der Waals surface area contributed by atoms with E-state index in [-0.39, 0.29) is 4.90 Å². The summed E-state index contributed by atoms with van der Waals surface area (Å²) in [6, 6.07) is 13.2. The lowest BCUT2D eigenvalue weighted by atomic mass is 10.1. The summed E-state index contributed by atoms with van der Waals surface area (Å²) in [5, 5.41) is 0.932. The molecule has 0 atom stereocenters. The van der Waals surface area contributed by atoms with Crippen LogP contribution in [0.5, 0.6) is 0 Å². The van der Waals surface area contributed by atoms with Gasteiger partial charge in [-0.2, -0.15) is 0 Å². The Morgan fingerprint density at radius 3 is 2.57 bits per heavy atom. The first-order chi connectivity index (χ1) is 10.9. The molecule has 3 aromatic rings. The number of aryl methyl sites for hydroxylation is 2. The molecule has 0 fully saturated rings. The van der Waals surface area contributed by atoms with Gasteiger partial charge in [-0.05, 0) is 44.0 Å². The Morgan fingerprint density at radius 1 is 1.09 bits per heavy atom. The average Bonchev–Trinajstić information content (AvgIpc) is 2.88. The standard InChI is InChI=1S/C17H18N2O2S2/c1-12-3-5-14(6-4-12)9-10-18-23(20,21)15-7-8-17-16(11-15)19-13(2)22-17/h3-8,11,18H,9-10H2,1-2H3. The van der Waals surface area contributed by atoms with Crippen molar-refractivity contribution < 1.29 is 8.42 Å². The Balaban J connectivity index is 1.71. The van der Waals surface area contributed by atoms with Crippen LogP contribution in [0.15, 0.2) is 47.4 Å². The zero-order valence-corrected chi connectivity index (χ0v) is 14.7. The zero-order valence-electron chi connectivity index (χ0n) is 13.0. The summed E-state index contributed by atoms with van der Waals surface area (Å²) in [6.07, 6.45) is 0.664. The van der Waals surface area contributed by atoms with Gasteiger partial charge in [-0.25, -0.2) is 18.1 Å². The van der Waals surface area contributed by atoms with Crippen molar-refractivity contribution in [2.24, 2.45) is 0 Å². The van der Waals surface area contributed by atoms with Crippen molar-refractivity contribution in [1.29, 1.82) is 0 Å². The molecular weight excluding hydrogens is 328 g/mol. The van der Waals surface area contributed by atoms with Crippen molar-refractivity contribution in [3.05, 3.63) is 58.6 Å². The molecule has 0 aliphatic heterocycles. The second-order valence-corrected chi connectivity index (χ2v) is 8.50. The van der Waals surface area contributed by atoms with Crippen LogP contribution >= 0.6 is 11.3 Å². The van der Waals surface area contributed by atoms with E-state index in [1.165, 1.54) is 5.56 Å². The van der Waals surface area contributed by atoms with Gasteiger partial charge in [0, 0.05) is 6.54 Å². The molecule has 0 unspecified atom stereocenters. The van der Waals surface area contributed by atoms with E-state index in [2.05, 4.69) is 9.71 Å². The third kappa shape index (κ3) is 3.77. The first-order valence-corrected chi connectivity index (χ1v) is 9.66. The minimum absolute atomic E-state index is 0.263. The molecule has 23 heavy (non-hydrogen) atoms. The van der Waals surface area contributed by atoms with Crippen molar-refractivity contribution in [1.82, 2.24) is 9.71 Å². The second kappa shape index (κ2) is 6.39. The lowest BCUT2D eigenvalue weighted by Crippen LogP contribution is -2.26. The average molecular weight is 346 g/mol. The fraction of sp³-hybridized carbons (Fsp3) is 0.235. The molecule has 120 valence electrons. The van der Waals surface area contributed by atoms with Gasteiger partial charge in [-0.15, -0.1) is 11.3 Å². The molecule has 0 radical (unpaired) electrons. The maximum Gasteiger partial charge on any atom is 0.240 e. The van der Waals surface area contributed by atoms with Crippen LogP contribution in [0.2, 0.25) is 0 Å². The van der Waals surface area contributed by atoms with Gasteiger partial charge in [0.25, 0.3) is 0 Å². The highest BCUT2D eigenvalue weighted by Gasteiger charge is 2.15. The highest BCUT2D eigenvalue weighted by atomic mass is 32.2. The van der Waals surface area contributed by atoms with Gasteiger partial charge in [0.15, 0.2) is 0 Å². The Bertz CT molecular complexity index is 929. The summed E-state index contributed by atoms with van der Waals surface area (Å²) in [5.74, 6) is 0. The number of fused-ring (bicyclic) bond motifs is 1. The summed E-state index contributed by atoms with van der Waals surface area (Å²) in [7, 11) is -3.51. The van der Waals surface area contributed by atoms with Crippen LogP contribution in [0.25, 0.3) is 10.2 Å². The topological polar surface area (TPSA) is 59.1 Å². The van der Waals surface area contributed by atoms with E-state index in [4.69, 9.17) is 0 Å². The fourth-order valence-corrected chi connectivity index (χ4v) is 4.22. The maximum atomic E-state index is 12.4. The van der Waals surface area contributed by atoms with Gasteiger partial charge >= 0.3 is 0 Å². The van der Waals surface area contributed by atoms with Gasteiger partial charge < -0.3 is 0 Å². The molecule has 4 nitrogen and oxygen atoms in total. The van der Waals surface area contributed by atoms with Crippen LogP contribution in [0.4, 0.5) is 0 Å². The van der Waals surface area contributed by atoms with E-state index in [1.54, 1.807) is 23.5 Å². The number of hydrogen-bond donors (Lipinski definition) is 1. The largest absolute Gasteiger partial charge is 0.241 e. The Hall–Kier alpha value is -1.76. The van der Waals surface area contributed by atoms with Crippen LogP contribution < -0.4 is 4.72 Å². The molecule has 1 N–H and O–H groups in total. The van der Waals surface area contributed by atoms with Crippen molar-refractivity contribution >= 4 is 31.6 Å². The zero-order chi connectivity index (χ0) is 16.4. The summed E-state index contributed by atoms with van der Waals surface area (Å²) in [6.45, 7) is 4.32. The molecule has 1 aromatic heterocycles. The molecule has 1 heterocycles. The van der Waals surface area contributed by atoms with Gasteiger partial charge in [-0.1, -0.05) is 29.8 Å².